The maximum atomic E-state index is 12.3. The Hall–Kier alpha value is 0.340. The molecule has 0 saturated carbocycles. The summed E-state index contributed by atoms with van der Waals surface area (Å²) in [7, 11) is -6.50. The van der Waals surface area contributed by atoms with Gasteiger partial charge in [-0.3, -0.25) is 0 Å². The third-order valence-corrected chi connectivity index (χ3v) is 7.99. The lowest BCUT2D eigenvalue weighted by Crippen LogP contribution is -2.50. The quantitative estimate of drug-likeness (QED) is 0.712. The van der Waals surface area contributed by atoms with Crippen LogP contribution in [0.15, 0.2) is 0 Å². The number of nitrogens with one attached hydrogen (secondary N) is 1. The molecule has 1 fully saturated rings. The van der Waals surface area contributed by atoms with Crippen molar-refractivity contribution in [3.63, 3.8) is 0 Å². The lowest BCUT2D eigenvalue weighted by Gasteiger charge is -2.32. The van der Waals surface area contributed by atoms with Crippen LogP contribution in [0.1, 0.15) is 39.5 Å². The predicted octanol–water partition coefficient (Wildman–Crippen LogP) is 1.44. The maximum Gasteiger partial charge on any atom is 0.215 e. The van der Waals surface area contributed by atoms with Crippen LogP contribution in [0.5, 0.6) is 0 Å². The molecule has 5 nitrogen and oxygen atoms in total. The maximum absolute atomic E-state index is 12.3. The Bertz CT molecular complexity index is 489. The molecule has 1 heterocycles. The summed E-state index contributed by atoms with van der Waals surface area (Å²) in [6, 6.07) is 0. The Morgan fingerprint density at radius 3 is 2.26 bits per heavy atom. The van der Waals surface area contributed by atoms with E-state index < -0.39 is 30.6 Å². The summed E-state index contributed by atoms with van der Waals surface area (Å²) in [5.41, 5.74) is -0.474. The second-order valence-corrected chi connectivity index (χ2v) is 10.4. The van der Waals surface area contributed by atoms with Gasteiger partial charge in [-0.1, -0.05) is 22.9 Å². The fourth-order valence-electron chi connectivity index (χ4n) is 2.11. The van der Waals surface area contributed by atoms with Crippen LogP contribution in [0.25, 0.3) is 0 Å². The van der Waals surface area contributed by atoms with Gasteiger partial charge in [-0.25, -0.2) is 21.6 Å². The minimum Gasteiger partial charge on any atom is -0.229 e. The molecule has 1 saturated heterocycles. The van der Waals surface area contributed by atoms with Crippen molar-refractivity contribution in [3.05, 3.63) is 0 Å². The molecule has 0 aromatic heterocycles. The number of hydrogen-bond donors (Lipinski definition) is 1. The molecule has 1 N–H and O–H groups in total. The first-order valence-electron chi connectivity index (χ1n) is 6.43. The van der Waals surface area contributed by atoms with Gasteiger partial charge in [-0.05, 0) is 32.6 Å². The van der Waals surface area contributed by atoms with Gasteiger partial charge in [0.25, 0.3) is 0 Å². The van der Waals surface area contributed by atoms with Crippen molar-refractivity contribution in [2.45, 2.75) is 50.3 Å². The van der Waals surface area contributed by atoms with Crippen LogP contribution in [0.3, 0.4) is 0 Å². The number of sulfone groups is 1. The van der Waals surface area contributed by atoms with Crippen LogP contribution in [0.4, 0.5) is 0 Å². The van der Waals surface area contributed by atoms with Gasteiger partial charge in [0.15, 0.2) is 0 Å². The van der Waals surface area contributed by atoms with E-state index >= 15 is 0 Å². The van der Waals surface area contributed by atoms with Crippen molar-refractivity contribution in [3.8, 4) is 0 Å². The molecule has 114 valence electrons. The van der Waals surface area contributed by atoms with E-state index in [1.165, 1.54) is 0 Å². The van der Waals surface area contributed by atoms with Crippen LogP contribution >= 0.6 is 15.9 Å². The summed E-state index contributed by atoms with van der Waals surface area (Å²) in [5, 5.41) is 0.135. The molecule has 0 bridgehead atoms. The SMILES string of the molecule is CCC(C)(CCBr)NS(=O)(=O)C1CCS(=O)(=O)CC1. The second kappa shape index (κ2) is 6.41. The number of alkyl halides is 1. The Balaban J connectivity index is 2.77. The van der Waals surface area contributed by atoms with E-state index in [-0.39, 0.29) is 24.3 Å². The zero-order chi connectivity index (χ0) is 14.7. The van der Waals surface area contributed by atoms with Crippen molar-refractivity contribution in [2.75, 3.05) is 16.8 Å². The summed E-state index contributed by atoms with van der Waals surface area (Å²) in [5.74, 6) is -0.0558. The molecule has 0 amide bonds. The van der Waals surface area contributed by atoms with Crippen molar-refractivity contribution < 1.29 is 16.8 Å². The summed E-state index contributed by atoms with van der Waals surface area (Å²) < 4.78 is 50.1. The molecule has 1 aliphatic rings. The van der Waals surface area contributed by atoms with Crippen LogP contribution < -0.4 is 4.72 Å². The molecule has 8 heteroatoms. The van der Waals surface area contributed by atoms with Crippen molar-refractivity contribution in [1.29, 1.82) is 0 Å². The highest BCUT2D eigenvalue weighted by Gasteiger charge is 2.36. The molecule has 19 heavy (non-hydrogen) atoms. The van der Waals surface area contributed by atoms with Crippen molar-refractivity contribution in [1.82, 2.24) is 4.72 Å². The van der Waals surface area contributed by atoms with Gasteiger partial charge in [0.2, 0.25) is 10.0 Å². The molecule has 0 spiro atoms. The first-order chi connectivity index (χ1) is 8.64. The van der Waals surface area contributed by atoms with Gasteiger partial charge < -0.3 is 0 Å². The Morgan fingerprint density at radius 1 is 1.32 bits per heavy atom. The molecule has 1 unspecified atom stereocenters. The third-order valence-electron chi connectivity index (χ3n) is 3.76. The van der Waals surface area contributed by atoms with Crippen LogP contribution in [-0.2, 0) is 19.9 Å². The van der Waals surface area contributed by atoms with Crippen molar-refractivity contribution in [2.24, 2.45) is 0 Å². The summed E-state index contributed by atoms with van der Waals surface area (Å²) in [4.78, 5) is 0. The van der Waals surface area contributed by atoms with Crippen molar-refractivity contribution >= 4 is 35.8 Å². The van der Waals surface area contributed by atoms with Crippen LogP contribution in [0, 0.1) is 0 Å². The smallest absolute Gasteiger partial charge is 0.215 e. The van der Waals surface area contributed by atoms with Gasteiger partial charge >= 0.3 is 0 Å². The zero-order valence-electron chi connectivity index (χ0n) is 11.4. The average Bonchev–Trinajstić information content (AvgIpc) is 2.28. The Labute approximate surface area is 124 Å². The lowest BCUT2D eigenvalue weighted by molar-refractivity contribution is 0.388. The summed E-state index contributed by atoms with van der Waals surface area (Å²) in [6.07, 6.45) is 1.80. The minimum atomic E-state index is -3.46. The van der Waals surface area contributed by atoms with E-state index in [0.717, 1.165) is 5.33 Å². The topological polar surface area (TPSA) is 80.3 Å². The molecule has 1 aliphatic heterocycles. The molecule has 0 aromatic carbocycles. The van der Waals surface area contributed by atoms with Gasteiger partial charge in [-0.2, -0.15) is 0 Å². The van der Waals surface area contributed by atoms with Gasteiger partial charge in [-0.15, -0.1) is 0 Å². The van der Waals surface area contributed by atoms with Gasteiger partial charge in [0.1, 0.15) is 9.84 Å². The van der Waals surface area contributed by atoms with E-state index in [0.29, 0.717) is 12.8 Å². The molecule has 0 aliphatic carbocycles. The molecular weight excluding hydrogens is 354 g/mol. The Morgan fingerprint density at radius 2 is 1.84 bits per heavy atom. The summed E-state index contributed by atoms with van der Waals surface area (Å²) in [6.45, 7) is 3.82. The van der Waals surface area contributed by atoms with E-state index in [9.17, 15) is 16.8 Å². The average molecular weight is 376 g/mol. The largest absolute Gasteiger partial charge is 0.229 e. The fraction of sp³-hybridized carbons (Fsp3) is 1.00. The molecule has 1 atom stereocenters. The van der Waals surface area contributed by atoms with E-state index in [1.807, 2.05) is 13.8 Å². The van der Waals surface area contributed by atoms with Gasteiger partial charge in [0, 0.05) is 10.9 Å². The normalized spacial score (nSPS) is 23.9. The lowest BCUT2D eigenvalue weighted by atomic mass is 9.98. The molecular formula is C11H22BrNO4S2. The molecule has 1 rings (SSSR count). The predicted molar refractivity (Wildman–Crippen MR) is 80.8 cm³/mol. The first-order valence-corrected chi connectivity index (χ1v) is 10.9. The second-order valence-electron chi connectivity index (χ2n) is 5.35. The number of halogens is 1. The van der Waals surface area contributed by atoms with E-state index in [2.05, 4.69) is 20.7 Å². The van der Waals surface area contributed by atoms with E-state index in [4.69, 9.17) is 0 Å². The number of hydrogen-bond acceptors (Lipinski definition) is 4. The first kappa shape index (κ1) is 17.4. The number of sulfonamides is 1. The molecule has 0 aromatic rings. The standard InChI is InChI=1S/C11H22BrNO4S2/c1-3-11(2,6-7-12)13-19(16,17)10-4-8-18(14,15)9-5-10/h10,13H,3-9H2,1-2H3. The number of rotatable bonds is 6. The Kier molecular flexibility index (Phi) is 5.86. The van der Waals surface area contributed by atoms with Crippen LogP contribution in [0.2, 0.25) is 0 Å². The highest BCUT2D eigenvalue weighted by atomic mass is 79.9. The minimum absolute atomic E-state index is 0.0279. The zero-order valence-corrected chi connectivity index (χ0v) is 14.6. The fourth-order valence-corrected chi connectivity index (χ4v) is 6.74. The molecule has 0 radical (unpaired) electrons. The van der Waals surface area contributed by atoms with E-state index in [1.54, 1.807) is 0 Å². The monoisotopic (exact) mass is 375 g/mol. The highest BCUT2D eigenvalue weighted by Crippen LogP contribution is 2.23. The summed E-state index contributed by atoms with van der Waals surface area (Å²) >= 11 is 3.33. The van der Waals surface area contributed by atoms with Crippen LogP contribution in [-0.4, -0.2) is 44.5 Å². The third kappa shape index (κ3) is 4.99. The highest BCUT2D eigenvalue weighted by molar-refractivity contribution is 9.09. The van der Waals surface area contributed by atoms with Gasteiger partial charge in [0.05, 0.1) is 16.8 Å².